The van der Waals surface area contributed by atoms with Gasteiger partial charge in [0.1, 0.15) is 11.6 Å². The number of hydrogen-bond donors (Lipinski definition) is 1. The molecule has 0 aliphatic heterocycles. The zero-order chi connectivity index (χ0) is 13.7. The van der Waals surface area contributed by atoms with Gasteiger partial charge in [0.15, 0.2) is 11.5 Å². The highest BCUT2D eigenvalue weighted by atomic mass is 79.9. The maximum Gasteiger partial charge on any atom is 0.346 e. The first-order valence-electron chi connectivity index (χ1n) is 4.80. The number of hydrogen-bond acceptors (Lipinski definition) is 4. The summed E-state index contributed by atoms with van der Waals surface area (Å²) in [5, 5.41) is 17.6. The Morgan fingerprint density at radius 3 is 2.56 bits per heavy atom. The van der Waals surface area contributed by atoms with Gasteiger partial charge in [-0.15, -0.1) is 0 Å². The maximum atomic E-state index is 10.8. The van der Waals surface area contributed by atoms with Gasteiger partial charge in [-0.05, 0) is 18.2 Å². The Bertz CT molecular complexity index is 546. The average molecular weight is 312 g/mol. The van der Waals surface area contributed by atoms with E-state index in [1.54, 1.807) is 18.2 Å². The van der Waals surface area contributed by atoms with Crippen LogP contribution in [0.5, 0.6) is 11.5 Å². The van der Waals surface area contributed by atoms with E-state index in [4.69, 9.17) is 19.8 Å². The molecule has 0 heterocycles. The van der Waals surface area contributed by atoms with Crippen LogP contribution in [0.15, 0.2) is 22.2 Å². The Labute approximate surface area is 112 Å². The van der Waals surface area contributed by atoms with E-state index < -0.39 is 5.97 Å². The SMILES string of the molecule is COc1ccc(Br)c(C=C(C#N)C(=O)O)c1OC. The van der Waals surface area contributed by atoms with Crippen molar-refractivity contribution in [1.29, 1.82) is 5.26 Å². The molecule has 0 radical (unpaired) electrons. The van der Waals surface area contributed by atoms with E-state index in [0.717, 1.165) is 0 Å². The highest BCUT2D eigenvalue weighted by Gasteiger charge is 2.15. The second-order valence-corrected chi connectivity index (χ2v) is 4.03. The number of benzene rings is 1. The molecule has 0 spiro atoms. The number of halogens is 1. The van der Waals surface area contributed by atoms with Crippen molar-refractivity contribution < 1.29 is 19.4 Å². The lowest BCUT2D eigenvalue weighted by Gasteiger charge is -2.11. The fourth-order valence-electron chi connectivity index (χ4n) is 1.35. The summed E-state index contributed by atoms with van der Waals surface area (Å²) >= 11 is 3.28. The van der Waals surface area contributed by atoms with E-state index in [1.165, 1.54) is 20.3 Å². The van der Waals surface area contributed by atoms with Gasteiger partial charge in [-0.25, -0.2) is 4.79 Å². The summed E-state index contributed by atoms with van der Waals surface area (Å²) in [6.45, 7) is 0. The van der Waals surface area contributed by atoms with Crippen LogP contribution in [-0.4, -0.2) is 25.3 Å². The molecule has 5 nitrogen and oxygen atoms in total. The Kier molecular flexibility index (Phi) is 4.75. The zero-order valence-electron chi connectivity index (χ0n) is 9.73. The average Bonchev–Trinajstić information content (AvgIpc) is 2.36. The third-order valence-electron chi connectivity index (χ3n) is 2.17. The number of methoxy groups -OCH3 is 2. The Balaban J connectivity index is 3.49. The minimum Gasteiger partial charge on any atom is -0.493 e. The van der Waals surface area contributed by atoms with Gasteiger partial charge in [-0.1, -0.05) is 15.9 Å². The summed E-state index contributed by atoms with van der Waals surface area (Å²) in [5.74, 6) is -0.482. The first-order valence-corrected chi connectivity index (χ1v) is 5.60. The highest BCUT2D eigenvalue weighted by molar-refractivity contribution is 9.10. The highest BCUT2D eigenvalue weighted by Crippen LogP contribution is 2.37. The van der Waals surface area contributed by atoms with E-state index in [1.807, 2.05) is 0 Å². The van der Waals surface area contributed by atoms with Crippen molar-refractivity contribution >= 4 is 28.0 Å². The fourth-order valence-corrected chi connectivity index (χ4v) is 1.77. The van der Waals surface area contributed by atoms with Crippen LogP contribution in [0.3, 0.4) is 0 Å². The normalized spacial score (nSPS) is 10.7. The van der Waals surface area contributed by atoms with E-state index in [0.29, 0.717) is 21.5 Å². The Hall–Kier alpha value is -2.00. The van der Waals surface area contributed by atoms with Gasteiger partial charge in [-0.2, -0.15) is 5.26 Å². The topological polar surface area (TPSA) is 79.5 Å². The van der Waals surface area contributed by atoms with E-state index in [2.05, 4.69) is 15.9 Å². The number of carboxylic acid groups (broad SMARTS) is 1. The molecule has 1 rings (SSSR count). The van der Waals surface area contributed by atoms with Crippen LogP contribution in [0.2, 0.25) is 0 Å². The van der Waals surface area contributed by atoms with Gasteiger partial charge in [0.2, 0.25) is 0 Å². The van der Waals surface area contributed by atoms with Crippen molar-refractivity contribution in [3.8, 4) is 17.6 Å². The summed E-state index contributed by atoms with van der Waals surface area (Å²) in [6, 6.07) is 4.97. The lowest BCUT2D eigenvalue weighted by molar-refractivity contribution is -0.132. The number of carboxylic acids is 1. The quantitative estimate of drug-likeness (QED) is 0.682. The van der Waals surface area contributed by atoms with Crippen molar-refractivity contribution in [3.05, 3.63) is 27.7 Å². The number of rotatable bonds is 4. The third-order valence-corrected chi connectivity index (χ3v) is 2.86. The maximum absolute atomic E-state index is 10.8. The molecule has 0 aliphatic carbocycles. The van der Waals surface area contributed by atoms with Gasteiger partial charge >= 0.3 is 5.97 Å². The Morgan fingerprint density at radius 1 is 1.44 bits per heavy atom. The van der Waals surface area contributed by atoms with E-state index >= 15 is 0 Å². The summed E-state index contributed by atoms with van der Waals surface area (Å²) in [5.41, 5.74) is 0.0538. The first-order chi connectivity index (χ1) is 8.54. The molecule has 1 aromatic carbocycles. The standard InChI is InChI=1S/C12H10BrNO4/c1-17-10-4-3-9(13)8(11(10)18-2)5-7(6-14)12(15)16/h3-5H,1-2H3,(H,15,16). The predicted molar refractivity (Wildman–Crippen MR) is 68.5 cm³/mol. The first kappa shape index (κ1) is 14.1. The van der Waals surface area contributed by atoms with Gasteiger partial charge in [0.05, 0.1) is 14.2 Å². The molecule has 1 aromatic rings. The largest absolute Gasteiger partial charge is 0.493 e. The lowest BCUT2D eigenvalue weighted by Crippen LogP contribution is -1.99. The van der Waals surface area contributed by atoms with Gasteiger partial charge in [-0.3, -0.25) is 0 Å². The summed E-state index contributed by atoms with van der Waals surface area (Å²) in [4.78, 5) is 10.8. The lowest BCUT2D eigenvalue weighted by atomic mass is 10.1. The second-order valence-electron chi connectivity index (χ2n) is 3.17. The van der Waals surface area contributed by atoms with Crippen LogP contribution in [0.25, 0.3) is 6.08 Å². The van der Waals surface area contributed by atoms with Gasteiger partial charge in [0.25, 0.3) is 0 Å². The van der Waals surface area contributed by atoms with E-state index in [-0.39, 0.29) is 5.57 Å². The summed E-state index contributed by atoms with van der Waals surface area (Å²) < 4.78 is 10.9. The third kappa shape index (κ3) is 2.81. The number of nitrogens with zero attached hydrogens (tertiary/aromatic N) is 1. The van der Waals surface area contributed by atoms with Gasteiger partial charge < -0.3 is 14.6 Å². The minimum absolute atomic E-state index is 0.362. The molecule has 18 heavy (non-hydrogen) atoms. The molecule has 0 bridgehead atoms. The molecule has 0 saturated carbocycles. The molecule has 0 aromatic heterocycles. The molecule has 1 N–H and O–H groups in total. The number of ether oxygens (including phenoxy) is 2. The Morgan fingerprint density at radius 2 is 2.11 bits per heavy atom. The van der Waals surface area contributed by atoms with E-state index in [9.17, 15) is 4.79 Å². The molecule has 94 valence electrons. The molecule has 0 saturated heterocycles. The van der Waals surface area contributed by atoms with Crippen molar-refractivity contribution in [1.82, 2.24) is 0 Å². The molecule has 0 amide bonds. The minimum atomic E-state index is -1.30. The second kappa shape index (κ2) is 6.07. The zero-order valence-corrected chi connectivity index (χ0v) is 11.3. The van der Waals surface area contributed by atoms with Crippen molar-refractivity contribution in [2.75, 3.05) is 14.2 Å². The van der Waals surface area contributed by atoms with Gasteiger partial charge in [0, 0.05) is 10.0 Å². The van der Waals surface area contributed by atoms with Crippen molar-refractivity contribution in [2.45, 2.75) is 0 Å². The van der Waals surface area contributed by atoms with Crippen molar-refractivity contribution in [2.24, 2.45) is 0 Å². The predicted octanol–water partition coefficient (Wildman–Crippen LogP) is 2.46. The van der Waals surface area contributed by atoms with Crippen LogP contribution in [0.4, 0.5) is 0 Å². The summed E-state index contributed by atoms with van der Waals surface area (Å²) in [7, 11) is 2.91. The van der Waals surface area contributed by atoms with Crippen LogP contribution in [0.1, 0.15) is 5.56 Å². The van der Waals surface area contributed by atoms with Crippen LogP contribution in [0, 0.1) is 11.3 Å². The fraction of sp³-hybridized carbons (Fsp3) is 0.167. The molecular weight excluding hydrogens is 302 g/mol. The smallest absolute Gasteiger partial charge is 0.346 e. The molecular formula is C12H10BrNO4. The molecule has 6 heteroatoms. The number of carbonyl (C=O) groups is 1. The molecule has 0 fully saturated rings. The number of aliphatic carboxylic acids is 1. The molecule has 0 aliphatic rings. The van der Waals surface area contributed by atoms with Crippen LogP contribution >= 0.6 is 15.9 Å². The monoisotopic (exact) mass is 311 g/mol. The molecule has 0 unspecified atom stereocenters. The van der Waals surface area contributed by atoms with Crippen LogP contribution < -0.4 is 9.47 Å². The summed E-state index contributed by atoms with van der Waals surface area (Å²) in [6.07, 6.45) is 1.23. The number of nitriles is 1. The van der Waals surface area contributed by atoms with Crippen molar-refractivity contribution in [3.63, 3.8) is 0 Å². The molecule has 0 atom stereocenters. The van der Waals surface area contributed by atoms with Crippen LogP contribution in [-0.2, 0) is 4.79 Å².